The second kappa shape index (κ2) is 7.57. The van der Waals surface area contributed by atoms with Gasteiger partial charge in [0.15, 0.2) is 0 Å². The molecule has 6 nitrogen and oxygen atoms in total. The fourth-order valence-electron chi connectivity index (χ4n) is 2.24. The lowest BCUT2D eigenvalue weighted by molar-refractivity contribution is -0.394. The maximum atomic E-state index is 10.9. The molecule has 0 spiro atoms. The fourth-order valence-corrected chi connectivity index (χ4v) is 2.24. The van der Waals surface area contributed by atoms with E-state index in [2.05, 4.69) is 13.0 Å². The molecule has 0 amide bonds. The third-order valence-corrected chi connectivity index (χ3v) is 3.25. The highest BCUT2D eigenvalue weighted by atomic mass is 16.6. The molecule has 0 heterocycles. The van der Waals surface area contributed by atoms with E-state index >= 15 is 0 Å². The Hall–Kier alpha value is -1.98. The van der Waals surface area contributed by atoms with Gasteiger partial charge < -0.3 is 0 Å². The topological polar surface area (TPSA) is 86.3 Å². The van der Waals surface area contributed by atoms with E-state index in [-0.39, 0.29) is 17.3 Å². The van der Waals surface area contributed by atoms with Crippen molar-refractivity contribution in [1.29, 1.82) is 0 Å². The predicted octanol–water partition coefficient (Wildman–Crippen LogP) is 4.38. The Balaban J connectivity index is 3.17. The summed E-state index contributed by atoms with van der Waals surface area (Å²) in [5.41, 5.74) is 0.0241. The van der Waals surface area contributed by atoms with E-state index in [1.165, 1.54) is 6.07 Å². The smallest absolute Gasteiger partial charge is 0.258 e. The molecule has 0 aliphatic rings. The van der Waals surface area contributed by atoms with Crippen LogP contribution in [-0.4, -0.2) is 9.85 Å². The Morgan fingerprint density at radius 2 is 1.80 bits per heavy atom. The normalized spacial score (nSPS) is 12.1. The van der Waals surface area contributed by atoms with Gasteiger partial charge in [0.05, 0.1) is 22.0 Å². The lowest BCUT2D eigenvalue weighted by Gasteiger charge is -2.15. The molecule has 0 saturated heterocycles. The minimum Gasteiger partial charge on any atom is -0.258 e. The zero-order chi connectivity index (χ0) is 15.1. The van der Waals surface area contributed by atoms with Gasteiger partial charge in [-0.1, -0.05) is 33.1 Å². The molecule has 6 heteroatoms. The molecular weight excluding hydrogens is 260 g/mol. The summed E-state index contributed by atoms with van der Waals surface area (Å²) >= 11 is 0. The minimum absolute atomic E-state index is 0.0959. The summed E-state index contributed by atoms with van der Waals surface area (Å²) in [6.45, 7) is 4.10. The van der Waals surface area contributed by atoms with Crippen molar-refractivity contribution in [3.05, 3.63) is 44.0 Å². The average Bonchev–Trinajstić information content (AvgIpc) is 2.42. The van der Waals surface area contributed by atoms with Crippen LogP contribution in [0.4, 0.5) is 11.4 Å². The van der Waals surface area contributed by atoms with Crippen molar-refractivity contribution >= 4 is 11.4 Å². The standard InChI is InChI=1S/C14H19N2O4/c1-3-5-7-11(6-4-2)12-8-13(15(17)18)10-14(9-12)16(19)20/h8,10-11H,3-7H2,1-2H3. The number of rotatable bonds is 8. The molecule has 0 saturated carbocycles. The van der Waals surface area contributed by atoms with Crippen LogP contribution in [0.15, 0.2) is 12.1 Å². The molecule has 1 rings (SSSR count). The van der Waals surface area contributed by atoms with Crippen LogP contribution < -0.4 is 0 Å². The van der Waals surface area contributed by atoms with Crippen molar-refractivity contribution in [2.24, 2.45) is 0 Å². The van der Waals surface area contributed by atoms with E-state index in [1.807, 2.05) is 6.92 Å². The molecule has 0 fully saturated rings. The van der Waals surface area contributed by atoms with Crippen molar-refractivity contribution in [2.45, 2.75) is 51.9 Å². The molecule has 1 unspecified atom stereocenters. The van der Waals surface area contributed by atoms with E-state index in [0.29, 0.717) is 5.56 Å². The molecule has 1 radical (unpaired) electrons. The molecule has 20 heavy (non-hydrogen) atoms. The van der Waals surface area contributed by atoms with Crippen LogP contribution in [0.5, 0.6) is 0 Å². The Kier molecular flexibility index (Phi) is 6.09. The SMILES string of the molecule is CCCCC(CCC)c1[c]c([N+](=O)[O-])cc([N+](=O)[O-])c1. The number of nitro groups is 2. The summed E-state index contributed by atoms with van der Waals surface area (Å²) in [5.74, 6) is 0.0959. The lowest BCUT2D eigenvalue weighted by atomic mass is 9.89. The van der Waals surface area contributed by atoms with E-state index < -0.39 is 9.85 Å². The fraction of sp³-hybridized carbons (Fsp3) is 0.571. The first-order valence-corrected chi connectivity index (χ1v) is 6.85. The number of hydrogen-bond donors (Lipinski definition) is 0. The summed E-state index contributed by atoms with van der Waals surface area (Å²) in [6.07, 6.45) is 4.68. The average molecular weight is 279 g/mol. The van der Waals surface area contributed by atoms with Gasteiger partial charge in [-0.15, -0.1) is 0 Å². The molecule has 0 aliphatic carbocycles. The van der Waals surface area contributed by atoms with Gasteiger partial charge >= 0.3 is 0 Å². The Bertz CT molecular complexity index is 456. The van der Waals surface area contributed by atoms with Crippen LogP contribution in [0.3, 0.4) is 0 Å². The zero-order valence-corrected chi connectivity index (χ0v) is 11.8. The van der Waals surface area contributed by atoms with Crippen LogP contribution in [0, 0.1) is 26.3 Å². The van der Waals surface area contributed by atoms with Gasteiger partial charge in [0.1, 0.15) is 0 Å². The minimum atomic E-state index is -0.626. The van der Waals surface area contributed by atoms with E-state index in [0.717, 1.165) is 38.2 Å². The van der Waals surface area contributed by atoms with Gasteiger partial charge in [-0.05, 0) is 24.3 Å². The predicted molar refractivity (Wildman–Crippen MR) is 75.8 cm³/mol. The van der Waals surface area contributed by atoms with Crippen LogP contribution in [-0.2, 0) is 0 Å². The van der Waals surface area contributed by atoms with Gasteiger partial charge in [-0.2, -0.15) is 0 Å². The number of hydrogen-bond acceptors (Lipinski definition) is 4. The lowest BCUT2D eigenvalue weighted by Crippen LogP contribution is -2.02. The zero-order valence-electron chi connectivity index (χ0n) is 11.8. The molecule has 0 bridgehead atoms. The third kappa shape index (κ3) is 4.29. The first-order chi connectivity index (χ1) is 9.49. The highest BCUT2D eigenvalue weighted by Crippen LogP contribution is 2.32. The monoisotopic (exact) mass is 279 g/mol. The van der Waals surface area contributed by atoms with Crippen molar-refractivity contribution in [1.82, 2.24) is 0 Å². The van der Waals surface area contributed by atoms with Gasteiger partial charge in [0, 0.05) is 6.07 Å². The molecule has 1 aromatic rings. The molecule has 0 aromatic heterocycles. The van der Waals surface area contributed by atoms with Crippen molar-refractivity contribution in [3.8, 4) is 0 Å². The van der Waals surface area contributed by atoms with Gasteiger partial charge in [0.25, 0.3) is 11.4 Å². The highest BCUT2D eigenvalue weighted by molar-refractivity contribution is 5.46. The molecule has 1 atom stereocenters. The molecular formula is C14H19N2O4. The second-order valence-electron chi connectivity index (χ2n) is 4.82. The van der Waals surface area contributed by atoms with Crippen molar-refractivity contribution in [3.63, 3.8) is 0 Å². The maximum Gasteiger partial charge on any atom is 0.284 e. The number of unbranched alkanes of at least 4 members (excludes halogenated alkanes) is 1. The quantitative estimate of drug-likeness (QED) is 0.522. The number of nitrogens with zero attached hydrogens (tertiary/aromatic N) is 2. The van der Waals surface area contributed by atoms with Crippen molar-refractivity contribution < 1.29 is 9.85 Å². The molecule has 109 valence electrons. The van der Waals surface area contributed by atoms with E-state index in [9.17, 15) is 20.2 Å². The van der Waals surface area contributed by atoms with Gasteiger partial charge in [-0.25, -0.2) is 0 Å². The van der Waals surface area contributed by atoms with Crippen LogP contribution in [0.2, 0.25) is 0 Å². The largest absolute Gasteiger partial charge is 0.284 e. The third-order valence-electron chi connectivity index (χ3n) is 3.25. The summed E-state index contributed by atoms with van der Waals surface area (Å²) < 4.78 is 0. The van der Waals surface area contributed by atoms with Gasteiger partial charge in [0.2, 0.25) is 0 Å². The molecule has 1 aromatic carbocycles. The molecule has 0 N–H and O–H groups in total. The highest BCUT2D eigenvalue weighted by Gasteiger charge is 2.21. The Morgan fingerprint density at radius 1 is 1.10 bits per heavy atom. The number of nitro benzene ring substituents is 2. The van der Waals surface area contributed by atoms with E-state index in [4.69, 9.17) is 0 Å². The number of benzene rings is 1. The van der Waals surface area contributed by atoms with Crippen LogP contribution in [0.1, 0.15) is 57.4 Å². The summed E-state index contributed by atoms with van der Waals surface area (Å²) in [7, 11) is 0. The van der Waals surface area contributed by atoms with Gasteiger partial charge in [-0.3, -0.25) is 20.2 Å². The first kappa shape index (κ1) is 16.1. The Labute approximate surface area is 118 Å². The summed E-state index contributed by atoms with van der Waals surface area (Å²) in [5, 5.41) is 21.8. The van der Waals surface area contributed by atoms with Crippen LogP contribution in [0.25, 0.3) is 0 Å². The summed E-state index contributed by atoms with van der Waals surface area (Å²) in [4.78, 5) is 20.5. The second-order valence-corrected chi connectivity index (χ2v) is 4.82. The molecule has 0 aliphatic heterocycles. The Morgan fingerprint density at radius 3 is 2.30 bits per heavy atom. The van der Waals surface area contributed by atoms with Crippen molar-refractivity contribution in [2.75, 3.05) is 0 Å². The summed E-state index contributed by atoms with van der Waals surface area (Å²) in [6, 6.07) is 5.11. The van der Waals surface area contributed by atoms with E-state index in [1.54, 1.807) is 0 Å². The van der Waals surface area contributed by atoms with Crippen LogP contribution >= 0.6 is 0 Å². The number of non-ortho nitro benzene ring substituents is 2. The first-order valence-electron chi connectivity index (χ1n) is 6.85. The maximum absolute atomic E-state index is 10.9.